The Morgan fingerprint density at radius 2 is 1.34 bits per heavy atom. The lowest BCUT2D eigenvalue weighted by atomic mass is 10.1. The van der Waals surface area contributed by atoms with Crippen molar-refractivity contribution < 1.29 is 29.1 Å². The maximum absolute atomic E-state index is 12.2. The number of carbonyl (C=O) groups is 5. The molecule has 0 saturated heterocycles. The molecule has 0 aromatic rings. The molecule has 2 atom stereocenters. The summed E-state index contributed by atoms with van der Waals surface area (Å²) in [6, 6.07) is -2.13. The number of amides is 3. The predicted octanol–water partition coefficient (Wildman–Crippen LogP) is 3.88. The molecular weight excluding hydrogens is 506 g/mol. The van der Waals surface area contributed by atoms with E-state index in [1.807, 2.05) is 0 Å². The third-order valence-electron chi connectivity index (χ3n) is 5.87. The molecule has 9 nitrogen and oxygen atoms in total. The summed E-state index contributed by atoms with van der Waals surface area (Å²) >= 11 is 4.01. The van der Waals surface area contributed by atoms with Crippen LogP contribution in [0.5, 0.6) is 0 Å². The molecule has 0 radical (unpaired) electrons. The van der Waals surface area contributed by atoms with Crippen LogP contribution in [0.4, 0.5) is 0 Å². The number of unbranched alkanes of at least 4 members (excludes halogenated alkanes) is 9. The van der Waals surface area contributed by atoms with Gasteiger partial charge in [0.1, 0.15) is 18.4 Å². The van der Waals surface area contributed by atoms with Gasteiger partial charge in [-0.25, -0.2) is 4.79 Å². The Morgan fingerprint density at radius 3 is 1.92 bits per heavy atom. The van der Waals surface area contributed by atoms with Crippen LogP contribution in [0.25, 0.3) is 0 Å². The highest BCUT2D eigenvalue weighted by molar-refractivity contribution is 7.80. The van der Waals surface area contributed by atoms with Crippen molar-refractivity contribution in [2.75, 3.05) is 12.3 Å². The van der Waals surface area contributed by atoms with E-state index in [0.717, 1.165) is 38.5 Å². The van der Waals surface area contributed by atoms with Gasteiger partial charge in [-0.15, -0.1) is 0 Å². The Balaban J connectivity index is 4.04. The van der Waals surface area contributed by atoms with E-state index in [1.54, 1.807) is 0 Å². The maximum atomic E-state index is 12.2. The summed E-state index contributed by atoms with van der Waals surface area (Å²) in [5, 5.41) is 16.6. The van der Waals surface area contributed by atoms with Crippen molar-refractivity contribution in [1.29, 1.82) is 0 Å². The first kappa shape index (κ1) is 35.4. The average molecular weight is 554 g/mol. The van der Waals surface area contributed by atoms with Crippen molar-refractivity contribution in [2.45, 2.75) is 109 Å². The van der Waals surface area contributed by atoms with Gasteiger partial charge >= 0.3 is 5.97 Å². The van der Waals surface area contributed by atoms with Gasteiger partial charge in [0.2, 0.25) is 17.7 Å². The van der Waals surface area contributed by atoms with Crippen molar-refractivity contribution in [3.63, 3.8) is 0 Å². The molecule has 0 aliphatic heterocycles. The lowest BCUT2D eigenvalue weighted by Crippen LogP contribution is -2.49. The van der Waals surface area contributed by atoms with Gasteiger partial charge in [-0.05, 0) is 38.5 Å². The molecule has 0 aromatic heterocycles. The Bertz CT molecular complexity index is 757. The van der Waals surface area contributed by atoms with Crippen LogP contribution in [0.1, 0.15) is 96.8 Å². The van der Waals surface area contributed by atoms with Gasteiger partial charge in [0.15, 0.2) is 0 Å². The predicted molar refractivity (Wildman–Crippen MR) is 153 cm³/mol. The summed E-state index contributed by atoms with van der Waals surface area (Å²) in [6.07, 6.45) is 21.2. The molecule has 216 valence electrons. The van der Waals surface area contributed by atoms with E-state index in [1.165, 1.54) is 25.7 Å². The zero-order valence-electron chi connectivity index (χ0n) is 22.8. The van der Waals surface area contributed by atoms with Crippen molar-refractivity contribution in [2.24, 2.45) is 0 Å². The highest BCUT2D eigenvalue weighted by Crippen LogP contribution is 2.09. The number of thiol groups is 1. The van der Waals surface area contributed by atoms with Crippen LogP contribution in [0.3, 0.4) is 0 Å². The number of carbonyl (C=O) groups excluding carboxylic acids is 4. The molecule has 0 saturated carbocycles. The number of aliphatic carboxylic acids is 1. The maximum Gasteiger partial charge on any atom is 0.326 e. The summed E-state index contributed by atoms with van der Waals surface area (Å²) in [6.45, 7) is 2.04. The highest BCUT2D eigenvalue weighted by Gasteiger charge is 2.23. The molecule has 0 aromatic carbocycles. The van der Waals surface area contributed by atoms with Crippen molar-refractivity contribution in [3.05, 3.63) is 24.3 Å². The molecule has 0 spiro atoms. The summed E-state index contributed by atoms with van der Waals surface area (Å²) in [5.41, 5.74) is 0. The molecule has 38 heavy (non-hydrogen) atoms. The van der Waals surface area contributed by atoms with Gasteiger partial charge < -0.3 is 25.9 Å². The second-order valence-electron chi connectivity index (χ2n) is 9.22. The molecule has 3 amide bonds. The van der Waals surface area contributed by atoms with Gasteiger partial charge in [0, 0.05) is 18.6 Å². The van der Waals surface area contributed by atoms with Crippen LogP contribution < -0.4 is 16.0 Å². The minimum atomic E-state index is -1.22. The first-order chi connectivity index (χ1) is 18.3. The smallest absolute Gasteiger partial charge is 0.326 e. The highest BCUT2D eigenvalue weighted by atomic mass is 32.1. The number of rotatable bonds is 24. The Kier molecular flexibility index (Phi) is 23.0. The first-order valence-electron chi connectivity index (χ1n) is 13.8. The van der Waals surface area contributed by atoms with E-state index in [9.17, 15) is 29.1 Å². The van der Waals surface area contributed by atoms with E-state index in [2.05, 4.69) is 59.8 Å². The van der Waals surface area contributed by atoms with Gasteiger partial charge in [0.25, 0.3) is 0 Å². The molecule has 0 aliphatic carbocycles. The van der Waals surface area contributed by atoms with Crippen LogP contribution in [-0.2, 0) is 24.0 Å². The number of allylic oxidation sites excluding steroid dienone is 4. The molecule has 4 N–H and O–H groups in total. The van der Waals surface area contributed by atoms with Crippen LogP contribution in [-0.4, -0.2) is 59.5 Å². The monoisotopic (exact) mass is 553 g/mol. The van der Waals surface area contributed by atoms with Crippen molar-refractivity contribution in [1.82, 2.24) is 16.0 Å². The molecule has 0 unspecified atom stereocenters. The molecule has 0 heterocycles. The van der Waals surface area contributed by atoms with E-state index in [4.69, 9.17) is 0 Å². The Hall–Kier alpha value is -2.62. The molecule has 10 heteroatoms. The van der Waals surface area contributed by atoms with Crippen LogP contribution in [0.15, 0.2) is 24.3 Å². The first-order valence-corrected chi connectivity index (χ1v) is 14.4. The average Bonchev–Trinajstić information content (AvgIpc) is 2.90. The fourth-order valence-electron chi connectivity index (χ4n) is 3.64. The number of hydrogen-bond donors (Lipinski definition) is 5. The summed E-state index contributed by atoms with van der Waals surface area (Å²) in [5.74, 6) is -2.66. The molecule has 0 bridgehead atoms. The number of carboxylic acids is 1. The second kappa shape index (κ2) is 24.7. The van der Waals surface area contributed by atoms with Gasteiger partial charge in [-0.3, -0.25) is 14.4 Å². The zero-order chi connectivity index (χ0) is 28.4. The van der Waals surface area contributed by atoms with E-state index in [-0.39, 0.29) is 37.5 Å². The van der Waals surface area contributed by atoms with E-state index >= 15 is 0 Å². The molecular formula is C28H47N3O6S. The lowest BCUT2D eigenvalue weighted by Gasteiger charge is -2.17. The zero-order valence-corrected chi connectivity index (χ0v) is 23.7. The Labute approximate surface area is 233 Å². The van der Waals surface area contributed by atoms with E-state index in [0.29, 0.717) is 12.7 Å². The van der Waals surface area contributed by atoms with Crippen molar-refractivity contribution in [3.8, 4) is 0 Å². The third-order valence-corrected chi connectivity index (χ3v) is 6.23. The largest absolute Gasteiger partial charge is 0.480 e. The topological polar surface area (TPSA) is 142 Å². The summed E-state index contributed by atoms with van der Waals surface area (Å²) in [4.78, 5) is 58.0. The SMILES string of the molecule is CCCCCC/C=C/C=C/CCCCCCCC(=O)N[C@@H](CCC(=O)N[C@@H](CS)C(=O)NCC=O)C(=O)O. The number of nitrogens with one attached hydrogen (secondary N) is 3. The number of aldehydes is 1. The quantitative estimate of drug-likeness (QED) is 0.0532. The molecule has 0 rings (SSSR count). The number of hydrogen-bond acceptors (Lipinski definition) is 6. The lowest BCUT2D eigenvalue weighted by molar-refractivity contribution is -0.142. The Morgan fingerprint density at radius 1 is 0.789 bits per heavy atom. The standard InChI is InChI=1S/C28H47N3O6S/c1-2-3-4-5-6-7-8-9-10-11-12-13-14-15-16-17-25(33)30-23(28(36)37)18-19-26(34)31-24(22-38)27(35)29-20-21-32/h7-10,21,23-24,38H,2-6,11-20,22H2,1H3,(H,29,35)(H,30,33)(H,31,34)(H,36,37)/b8-7+,10-9+/t23-,24-/m0/s1. The van der Waals surface area contributed by atoms with Crippen LogP contribution >= 0.6 is 12.6 Å². The van der Waals surface area contributed by atoms with Gasteiger partial charge in [-0.1, -0.05) is 69.8 Å². The fraction of sp³-hybridized carbons (Fsp3) is 0.679. The van der Waals surface area contributed by atoms with Gasteiger partial charge in [-0.2, -0.15) is 12.6 Å². The molecule has 0 aliphatic rings. The van der Waals surface area contributed by atoms with E-state index < -0.39 is 29.9 Å². The van der Waals surface area contributed by atoms with Crippen LogP contribution in [0.2, 0.25) is 0 Å². The third kappa shape index (κ3) is 20.4. The fourth-order valence-corrected chi connectivity index (χ4v) is 3.90. The number of carboxylic acid groups (broad SMARTS) is 1. The minimum absolute atomic E-state index is 0.0167. The van der Waals surface area contributed by atoms with Crippen molar-refractivity contribution >= 4 is 42.6 Å². The van der Waals surface area contributed by atoms with Crippen LogP contribution in [0, 0.1) is 0 Å². The van der Waals surface area contributed by atoms with Gasteiger partial charge in [0.05, 0.1) is 6.54 Å². The second-order valence-corrected chi connectivity index (χ2v) is 9.59. The molecule has 0 fully saturated rings. The summed E-state index contributed by atoms with van der Waals surface area (Å²) in [7, 11) is 0. The normalized spacial score (nSPS) is 12.8. The minimum Gasteiger partial charge on any atom is -0.480 e. The summed E-state index contributed by atoms with van der Waals surface area (Å²) < 4.78 is 0.